The second-order valence-corrected chi connectivity index (χ2v) is 14.1. The third kappa shape index (κ3) is 12.6. The van der Waals surface area contributed by atoms with E-state index in [-0.39, 0.29) is 5.43 Å². The van der Waals surface area contributed by atoms with Crippen LogP contribution < -0.4 is 10.2 Å². The minimum atomic E-state index is -0.439. The van der Waals surface area contributed by atoms with Crippen LogP contribution in [-0.4, -0.2) is 29.2 Å². The molecule has 1 saturated heterocycles. The molecule has 3 aromatic rings. The summed E-state index contributed by atoms with van der Waals surface area (Å²) >= 11 is 0. The maximum Gasteiger partial charge on any atom is 0.223 e. The van der Waals surface area contributed by atoms with Crippen LogP contribution in [0.3, 0.4) is 0 Å². The van der Waals surface area contributed by atoms with E-state index in [2.05, 4.69) is 58.9 Å². The number of aromatic nitrogens is 1. The molecule has 4 rings (SSSR count). The molecule has 0 amide bonds. The third-order valence-electron chi connectivity index (χ3n) is 10.3. The van der Waals surface area contributed by atoms with Crippen LogP contribution in [0.4, 0.5) is 0 Å². The quantitative estimate of drug-likeness (QED) is 0.0958. The molecule has 2 aromatic carbocycles. The molecule has 1 fully saturated rings. The van der Waals surface area contributed by atoms with Crippen molar-refractivity contribution in [2.45, 2.75) is 141 Å². The molecule has 0 unspecified atom stereocenters. The van der Waals surface area contributed by atoms with E-state index >= 15 is 0 Å². The van der Waals surface area contributed by atoms with Crippen molar-refractivity contribution in [2.24, 2.45) is 0 Å². The number of likely N-dealkylation sites (tertiary alicyclic amines) is 1. The van der Waals surface area contributed by atoms with Crippen LogP contribution in [0, 0.1) is 11.3 Å². The van der Waals surface area contributed by atoms with E-state index in [0.29, 0.717) is 25.4 Å². The average molecular weight is 652 g/mol. The predicted molar refractivity (Wildman–Crippen MR) is 200 cm³/mol. The predicted octanol–water partition coefficient (Wildman–Crippen LogP) is 10.6. The maximum atomic E-state index is 13.2. The number of pyridine rings is 1. The lowest BCUT2D eigenvalue weighted by molar-refractivity contribution is 0.175. The number of rotatable bonds is 23. The topological polar surface area (TPSA) is 58.3 Å². The molecule has 1 aromatic heterocycles. The fourth-order valence-corrected chi connectivity index (χ4v) is 7.14. The molecule has 0 saturated carbocycles. The van der Waals surface area contributed by atoms with Crippen LogP contribution in [-0.2, 0) is 18.5 Å². The standard InChI is InChI=1S/C43H61N3O2/c1-2-3-4-5-6-7-8-9-10-11-12-13-14-15-16-23-32-48-42-36-46(34-38-24-19-17-20-25-38)40(33-41(42)47)35-45-30-28-43(37-44,29-31-45)39-26-21-18-22-27-39/h17-22,24-27,33,36H,2-16,23,28-32,34-35H2,1H3. The number of ether oxygens (including phenoxy) is 1. The van der Waals surface area contributed by atoms with Gasteiger partial charge in [0.25, 0.3) is 0 Å². The number of unbranched alkanes of at least 4 members (excludes halogenated alkanes) is 15. The fraction of sp³-hybridized carbons (Fsp3) is 0.581. The molecule has 2 heterocycles. The van der Waals surface area contributed by atoms with Crippen molar-refractivity contribution in [3.05, 3.63) is 100.0 Å². The van der Waals surface area contributed by atoms with E-state index in [1.54, 1.807) is 6.07 Å². The van der Waals surface area contributed by atoms with Gasteiger partial charge in [0, 0.05) is 37.9 Å². The molecular formula is C43H61N3O2. The molecule has 0 spiro atoms. The molecule has 0 atom stereocenters. The summed E-state index contributed by atoms with van der Waals surface area (Å²) in [6.45, 7) is 5.87. The van der Waals surface area contributed by atoms with Gasteiger partial charge in [-0.3, -0.25) is 9.69 Å². The largest absolute Gasteiger partial charge is 0.488 e. The van der Waals surface area contributed by atoms with Crippen LogP contribution in [0.15, 0.2) is 77.7 Å². The Morgan fingerprint density at radius 3 is 1.77 bits per heavy atom. The highest BCUT2D eigenvalue weighted by molar-refractivity contribution is 5.33. The highest BCUT2D eigenvalue weighted by atomic mass is 16.5. The van der Waals surface area contributed by atoms with Gasteiger partial charge in [0.2, 0.25) is 5.43 Å². The third-order valence-corrected chi connectivity index (χ3v) is 10.3. The van der Waals surface area contributed by atoms with Gasteiger partial charge in [0.15, 0.2) is 5.75 Å². The van der Waals surface area contributed by atoms with Gasteiger partial charge in [-0.1, -0.05) is 164 Å². The molecule has 260 valence electrons. The molecule has 0 bridgehead atoms. The van der Waals surface area contributed by atoms with Gasteiger partial charge >= 0.3 is 0 Å². The Bertz CT molecular complexity index is 1390. The molecule has 48 heavy (non-hydrogen) atoms. The first-order valence-electron chi connectivity index (χ1n) is 19.2. The van der Waals surface area contributed by atoms with E-state index < -0.39 is 5.41 Å². The minimum Gasteiger partial charge on any atom is -0.488 e. The Morgan fingerprint density at radius 1 is 0.708 bits per heavy atom. The highest BCUT2D eigenvalue weighted by Crippen LogP contribution is 2.35. The Morgan fingerprint density at radius 2 is 1.23 bits per heavy atom. The van der Waals surface area contributed by atoms with Crippen molar-refractivity contribution in [1.82, 2.24) is 9.47 Å². The zero-order valence-electron chi connectivity index (χ0n) is 29.8. The zero-order chi connectivity index (χ0) is 33.7. The Hall–Kier alpha value is -3.36. The van der Waals surface area contributed by atoms with Gasteiger partial charge < -0.3 is 9.30 Å². The second-order valence-electron chi connectivity index (χ2n) is 14.1. The van der Waals surface area contributed by atoms with Crippen LogP contribution >= 0.6 is 0 Å². The van der Waals surface area contributed by atoms with Crippen molar-refractivity contribution in [1.29, 1.82) is 5.26 Å². The molecule has 0 N–H and O–H groups in total. The van der Waals surface area contributed by atoms with Gasteiger partial charge in [-0.05, 0) is 30.4 Å². The van der Waals surface area contributed by atoms with Gasteiger partial charge in [0.05, 0.1) is 24.3 Å². The van der Waals surface area contributed by atoms with E-state index in [0.717, 1.165) is 50.0 Å². The van der Waals surface area contributed by atoms with Gasteiger partial charge in [-0.25, -0.2) is 0 Å². The smallest absolute Gasteiger partial charge is 0.223 e. The van der Waals surface area contributed by atoms with Crippen molar-refractivity contribution in [3.8, 4) is 11.8 Å². The van der Waals surface area contributed by atoms with E-state index in [4.69, 9.17) is 4.74 Å². The average Bonchev–Trinajstić information content (AvgIpc) is 3.12. The van der Waals surface area contributed by atoms with E-state index in [9.17, 15) is 10.1 Å². The van der Waals surface area contributed by atoms with Crippen LogP contribution in [0.1, 0.15) is 139 Å². The number of hydrogen-bond acceptors (Lipinski definition) is 4. The Kier molecular flexibility index (Phi) is 16.8. The summed E-state index contributed by atoms with van der Waals surface area (Å²) in [5, 5.41) is 10.1. The first-order valence-corrected chi connectivity index (χ1v) is 19.2. The van der Waals surface area contributed by atoms with E-state index in [1.807, 2.05) is 30.5 Å². The minimum absolute atomic E-state index is 0.0431. The Balaban J connectivity index is 1.18. The molecule has 0 aliphatic carbocycles. The second kappa shape index (κ2) is 21.6. The fourth-order valence-electron chi connectivity index (χ4n) is 7.14. The van der Waals surface area contributed by atoms with Crippen LogP contribution in [0.5, 0.6) is 5.75 Å². The summed E-state index contributed by atoms with van der Waals surface area (Å²) in [7, 11) is 0. The summed E-state index contributed by atoms with van der Waals surface area (Å²) in [4.78, 5) is 15.6. The van der Waals surface area contributed by atoms with Gasteiger partial charge in [-0.2, -0.15) is 5.26 Å². The summed E-state index contributed by atoms with van der Waals surface area (Å²) in [5.74, 6) is 0.446. The van der Waals surface area contributed by atoms with Crippen LogP contribution in [0.2, 0.25) is 0 Å². The summed E-state index contributed by atoms with van der Waals surface area (Å²) in [5.41, 5.74) is 2.81. The first-order chi connectivity index (χ1) is 23.6. The first kappa shape index (κ1) is 37.5. The Labute approximate surface area is 291 Å². The lowest BCUT2D eigenvalue weighted by atomic mass is 9.74. The van der Waals surface area contributed by atoms with Crippen molar-refractivity contribution in [3.63, 3.8) is 0 Å². The van der Waals surface area contributed by atoms with Crippen molar-refractivity contribution >= 4 is 0 Å². The van der Waals surface area contributed by atoms with Crippen molar-refractivity contribution in [2.75, 3.05) is 19.7 Å². The molecule has 1 aliphatic heterocycles. The molecule has 0 radical (unpaired) electrons. The number of nitrogens with zero attached hydrogens (tertiary/aromatic N) is 3. The molecule has 5 heteroatoms. The molecular weight excluding hydrogens is 590 g/mol. The SMILES string of the molecule is CCCCCCCCCCCCCCCCCCOc1cn(Cc2ccccc2)c(CN2CCC(C#N)(c3ccccc3)CC2)cc1=O. The molecule has 5 nitrogen and oxygen atoms in total. The number of piperidine rings is 1. The highest BCUT2D eigenvalue weighted by Gasteiger charge is 2.36. The summed E-state index contributed by atoms with van der Waals surface area (Å²) in [6, 6.07) is 25.0. The lowest BCUT2D eigenvalue weighted by Crippen LogP contribution is -2.42. The maximum absolute atomic E-state index is 13.2. The normalized spacial score (nSPS) is 14.5. The van der Waals surface area contributed by atoms with Gasteiger partial charge in [-0.15, -0.1) is 0 Å². The number of benzene rings is 2. The summed E-state index contributed by atoms with van der Waals surface area (Å²) in [6.07, 6.45) is 24.9. The molecule has 1 aliphatic rings. The summed E-state index contributed by atoms with van der Waals surface area (Å²) < 4.78 is 8.27. The van der Waals surface area contributed by atoms with Crippen molar-refractivity contribution < 1.29 is 4.74 Å². The van der Waals surface area contributed by atoms with Gasteiger partial charge in [0.1, 0.15) is 0 Å². The lowest BCUT2D eigenvalue weighted by Gasteiger charge is -2.38. The van der Waals surface area contributed by atoms with Crippen LogP contribution in [0.25, 0.3) is 0 Å². The monoisotopic (exact) mass is 651 g/mol. The zero-order valence-corrected chi connectivity index (χ0v) is 29.8. The number of hydrogen-bond donors (Lipinski definition) is 0. The van der Waals surface area contributed by atoms with E-state index in [1.165, 1.54) is 95.5 Å². The number of nitriles is 1.